The molecule has 0 saturated carbocycles. The van der Waals surface area contributed by atoms with Crippen LogP contribution in [0.4, 0.5) is 37.7 Å². The minimum atomic E-state index is -4.35. The summed E-state index contributed by atoms with van der Waals surface area (Å²) in [6, 6.07) is 11.3. The monoisotopic (exact) mass is 560 g/mol. The Morgan fingerprint density at radius 1 is 0.895 bits per heavy atom. The molecule has 1 amide bonds. The third-order valence-corrected chi connectivity index (χ3v) is 7.55. The summed E-state index contributed by atoms with van der Waals surface area (Å²) in [5.74, 6) is 0.0681. The van der Waals surface area contributed by atoms with E-state index in [0.29, 0.717) is 39.1 Å². The topological polar surface area (TPSA) is 38.8 Å². The zero-order valence-corrected chi connectivity index (χ0v) is 21.5. The quantitative estimate of drug-likeness (QED) is 0.336. The van der Waals surface area contributed by atoms with E-state index in [9.17, 15) is 31.1 Å². The van der Waals surface area contributed by atoms with Gasteiger partial charge in [0.2, 0.25) is 5.91 Å². The highest BCUT2D eigenvalue weighted by molar-refractivity contribution is 8.00. The predicted octanol–water partition coefficient (Wildman–Crippen LogP) is 5.93. The molecule has 2 aromatic rings. The largest absolute Gasteiger partial charge is 0.446 e. The van der Waals surface area contributed by atoms with E-state index >= 15 is 0 Å². The summed E-state index contributed by atoms with van der Waals surface area (Å²) < 4.78 is 75.9. The van der Waals surface area contributed by atoms with Gasteiger partial charge in [0.1, 0.15) is 0 Å². The number of carbonyl (C=O) groups excluding carboxylic acids is 1. The molecule has 2 aliphatic rings. The summed E-state index contributed by atoms with van der Waals surface area (Å²) >= 11 is -0.148. The van der Waals surface area contributed by atoms with Gasteiger partial charge in [0, 0.05) is 74.5 Å². The number of piperazine rings is 1. The summed E-state index contributed by atoms with van der Waals surface area (Å²) in [5.41, 5.74) is -3.50. The van der Waals surface area contributed by atoms with Crippen LogP contribution in [0.2, 0.25) is 0 Å². The molecule has 0 aliphatic carbocycles. The standard InChI is InChI=1S/C26H30F6N4OS/c27-25(28,29)19-3-7-22(8-4-19)35-16-14-34(15-17-35)13-11-24(37)36-12-1-2-21(18-36)33-20-5-9-23(10-6-20)38-26(30,31)32/h3-10,21,33H,1-2,11-18H2/t21-/m0/s1. The number of nitrogens with zero attached hydrogens (tertiary/aromatic N) is 3. The van der Waals surface area contributed by atoms with Gasteiger partial charge in [-0.05, 0) is 73.1 Å². The van der Waals surface area contributed by atoms with Crippen LogP contribution < -0.4 is 10.2 Å². The van der Waals surface area contributed by atoms with Crippen molar-refractivity contribution in [2.75, 3.05) is 56.0 Å². The first-order chi connectivity index (χ1) is 18.0. The van der Waals surface area contributed by atoms with E-state index in [1.165, 1.54) is 24.3 Å². The van der Waals surface area contributed by atoms with Gasteiger partial charge < -0.3 is 15.1 Å². The van der Waals surface area contributed by atoms with Crippen molar-refractivity contribution in [3.8, 4) is 0 Å². The summed E-state index contributed by atoms with van der Waals surface area (Å²) in [6.07, 6.45) is -2.25. The molecular formula is C26H30F6N4OS. The molecule has 4 rings (SSSR count). The number of hydrogen-bond donors (Lipinski definition) is 1. The normalized spacial score (nSPS) is 19.5. The van der Waals surface area contributed by atoms with E-state index < -0.39 is 17.2 Å². The molecule has 1 N–H and O–H groups in total. The van der Waals surface area contributed by atoms with Gasteiger partial charge in [0.25, 0.3) is 0 Å². The Balaban J connectivity index is 1.19. The van der Waals surface area contributed by atoms with Crippen LogP contribution in [0.15, 0.2) is 53.4 Å². The molecule has 2 saturated heterocycles. The molecule has 2 aromatic carbocycles. The van der Waals surface area contributed by atoms with Crippen molar-refractivity contribution in [3.63, 3.8) is 0 Å². The number of nitrogens with one attached hydrogen (secondary N) is 1. The van der Waals surface area contributed by atoms with E-state index in [1.807, 2.05) is 9.80 Å². The summed E-state index contributed by atoms with van der Waals surface area (Å²) in [6.45, 7) is 4.64. The lowest BCUT2D eigenvalue weighted by Crippen LogP contribution is -2.49. The van der Waals surface area contributed by atoms with Crippen molar-refractivity contribution in [2.24, 2.45) is 0 Å². The zero-order valence-electron chi connectivity index (χ0n) is 20.7. The number of alkyl halides is 6. The van der Waals surface area contributed by atoms with Gasteiger partial charge in [-0.1, -0.05) is 0 Å². The van der Waals surface area contributed by atoms with E-state index in [2.05, 4.69) is 10.2 Å². The molecule has 5 nitrogen and oxygen atoms in total. The van der Waals surface area contributed by atoms with Crippen LogP contribution in [-0.4, -0.2) is 73.1 Å². The molecule has 208 valence electrons. The molecule has 2 heterocycles. The molecule has 0 aromatic heterocycles. The molecule has 2 aliphatic heterocycles. The average Bonchev–Trinajstić information content (AvgIpc) is 2.88. The fourth-order valence-electron chi connectivity index (χ4n) is 4.81. The highest BCUT2D eigenvalue weighted by Gasteiger charge is 2.31. The first-order valence-electron chi connectivity index (χ1n) is 12.5. The Labute approximate surface area is 222 Å². The summed E-state index contributed by atoms with van der Waals surface area (Å²) in [5, 5.41) is 3.33. The van der Waals surface area contributed by atoms with Crippen molar-refractivity contribution >= 4 is 29.0 Å². The van der Waals surface area contributed by atoms with Gasteiger partial charge in [0.15, 0.2) is 0 Å². The van der Waals surface area contributed by atoms with Crippen LogP contribution >= 0.6 is 11.8 Å². The summed E-state index contributed by atoms with van der Waals surface area (Å²) in [7, 11) is 0. The Bertz CT molecular complexity index is 1050. The number of hydrogen-bond acceptors (Lipinski definition) is 5. The maximum Gasteiger partial charge on any atom is 0.446 e. The molecule has 0 bridgehead atoms. The van der Waals surface area contributed by atoms with Gasteiger partial charge in [-0.15, -0.1) is 0 Å². The van der Waals surface area contributed by atoms with Crippen LogP contribution in [-0.2, 0) is 11.0 Å². The number of amides is 1. The molecule has 12 heteroatoms. The van der Waals surface area contributed by atoms with Crippen LogP contribution in [0.25, 0.3) is 0 Å². The lowest BCUT2D eigenvalue weighted by molar-refractivity contribution is -0.137. The van der Waals surface area contributed by atoms with Crippen molar-refractivity contribution in [1.29, 1.82) is 0 Å². The second-order valence-electron chi connectivity index (χ2n) is 9.52. The van der Waals surface area contributed by atoms with Gasteiger partial charge >= 0.3 is 11.7 Å². The van der Waals surface area contributed by atoms with E-state index in [4.69, 9.17) is 0 Å². The van der Waals surface area contributed by atoms with Crippen molar-refractivity contribution < 1.29 is 31.1 Å². The number of likely N-dealkylation sites (tertiary alicyclic amines) is 1. The van der Waals surface area contributed by atoms with Gasteiger partial charge in [0.05, 0.1) is 5.56 Å². The molecule has 0 spiro atoms. The number of carbonyl (C=O) groups is 1. The van der Waals surface area contributed by atoms with Crippen LogP contribution in [0.3, 0.4) is 0 Å². The lowest BCUT2D eigenvalue weighted by atomic mass is 10.0. The molecule has 2 fully saturated rings. The molecule has 1 atom stereocenters. The Morgan fingerprint density at radius 3 is 2.16 bits per heavy atom. The Kier molecular flexibility index (Phi) is 9.02. The molecular weight excluding hydrogens is 530 g/mol. The third-order valence-electron chi connectivity index (χ3n) is 6.81. The summed E-state index contributed by atoms with van der Waals surface area (Å²) in [4.78, 5) is 19.1. The smallest absolute Gasteiger partial charge is 0.381 e. The van der Waals surface area contributed by atoms with E-state index in [-0.39, 0.29) is 28.6 Å². The predicted molar refractivity (Wildman–Crippen MR) is 136 cm³/mol. The van der Waals surface area contributed by atoms with E-state index in [1.54, 1.807) is 12.1 Å². The van der Waals surface area contributed by atoms with E-state index in [0.717, 1.165) is 49.4 Å². The zero-order chi connectivity index (χ0) is 27.3. The number of rotatable bonds is 7. The number of thioether (sulfide) groups is 1. The Morgan fingerprint density at radius 2 is 1.55 bits per heavy atom. The van der Waals surface area contributed by atoms with Crippen LogP contribution in [0, 0.1) is 0 Å². The fraction of sp³-hybridized carbons (Fsp3) is 0.500. The number of anilines is 2. The minimum absolute atomic E-state index is 0.0288. The molecule has 0 unspecified atom stereocenters. The number of halogens is 6. The molecule has 38 heavy (non-hydrogen) atoms. The average molecular weight is 561 g/mol. The SMILES string of the molecule is O=C(CCN1CCN(c2ccc(C(F)(F)F)cc2)CC1)N1CCC[C@H](Nc2ccc(SC(F)(F)F)cc2)C1. The Hall–Kier alpha value is -2.60. The fourth-order valence-corrected chi connectivity index (χ4v) is 5.35. The van der Waals surface area contributed by atoms with Gasteiger partial charge in [-0.3, -0.25) is 9.69 Å². The maximum atomic E-state index is 12.9. The molecule has 0 radical (unpaired) electrons. The highest BCUT2D eigenvalue weighted by Crippen LogP contribution is 2.37. The van der Waals surface area contributed by atoms with Crippen molar-refractivity contribution in [2.45, 2.75) is 41.9 Å². The second kappa shape index (κ2) is 12.1. The third kappa shape index (κ3) is 8.20. The van der Waals surface area contributed by atoms with Crippen LogP contribution in [0.5, 0.6) is 0 Å². The minimum Gasteiger partial charge on any atom is -0.381 e. The first-order valence-corrected chi connectivity index (χ1v) is 13.3. The van der Waals surface area contributed by atoms with Gasteiger partial charge in [-0.25, -0.2) is 0 Å². The first kappa shape index (κ1) is 28.4. The van der Waals surface area contributed by atoms with Crippen molar-refractivity contribution in [1.82, 2.24) is 9.80 Å². The van der Waals surface area contributed by atoms with Gasteiger partial charge in [-0.2, -0.15) is 26.3 Å². The number of benzene rings is 2. The highest BCUT2D eigenvalue weighted by atomic mass is 32.2. The number of piperidine rings is 1. The maximum absolute atomic E-state index is 12.9. The second-order valence-corrected chi connectivity index (χ2v) is 10.7. The van der Waals surface area contributed by atoms with Crippen LogP contribution in [0.1, 0.15) is 24.8 Å². The van der Waals surface area contributed by atoms with Crippen molar-refractivity contribution in [3.05, 3.63) is 54.1 Å². The lowest BCUT2D eigenvalue weighted by Gasteiger charge is -2.37.